The van der Waals surface area contributed by atoms with Gasteiger partial charge in [0, 0.05) is 12.5 Å². The molecule has 0 N–H and O–H groups in total. The molecule has 2 rings (SSSR count). The highest BCUT2D eigenvalue weighted by Crippen LogP contribution is 2.24. The zero-order chi connectivity index (χ0) is 6.81. The second-order valence-electron chi connectivity index (χ2n) is 2.62. The van der Waals surface area contributed by atoms with E-state index in [0.29, 0.717) is 5.92 Å². The Labute approximate surface area is 59.8 Å². The minimum atomic E-state index is 0.582. The van der Waals surface area contributed by atoms with Gasteiger partial charge in [0.15, 0.2) is 0 Å². The summed E-state index contributed by atoms with van der Waals surface area (Å²) in [6.45, 7) is 1.76. The molecular formula is C8H10O2. The molecule has 2 heteroatoms. The van der Waals surface area contributed by atoms with Crippen LogP contribution in [0.15, 0.2) is 23.0 Å². The third-order valence-corrected chi connectivity index (χ3v) is 1.94. The topological polar surface area (TPSA) is 22.4 Å². The largest absolute Gasteiger partial charge is 0.472 e. The van der Waals surface area contributed by atoms with Crippen LogP contribution in [0, 0.1) is 0 Å². The van der Waals surface area contributed by atoms with E-state index in [1.807, 2.05) is 6.07 Å². The molecule has 1 atom stereocenters. The first-order chi connectivity index (χ1) is 4.97. The van der Waals surface area contributed by atoms with Crippen molar-refractivity contribution in [2.24, 2.45) is 0 Å². The molecule has 0 amide bonds. The molecule has 1 fully saturated rings. The Balaban J connectivity index is 2.12. The van der Waals surface area contributed by atoms with Gasteiger partial charge in [-0.3, -0.25) is 0 Å². The Bertz CT molecular complexity index is 185. The monoisotopic (exact) mass is 138 g/mol. The van der Waals surface area contributed by atoms with Gasteiger partial charge in [-0.15, -0.1) is 0 Å². The van der Waals surface area contributed by atoms with Gasteiger partial charge in [0.25, 0.3) is 0 Å². The second kappa shape index (κ2) is 2.46. The van der Waals surface area contributed by atoms with E-state index in [4.69, 9.17) is 9.15 Å². The molecule has 0 aromatic carbocycles. The number of ether oxygens (including phenoxy) is 1. The molecule has 1 aromatic heterocycles. The molecule has 1 saturated heterocycles. The van der Waals surface area contributed by atoms with Crippen LogP contribution >= 0.6 is 0 Å². The SMILES string of the molecule is c1cc(C2CCOC2)co1. The lowest BCUT2D eigenvalue weighted by Crippen LogP contribution is -1.93. The van der Waals surface area contributed by atoms with Crippen LogP contribution < -0.4 is 0 Å². The van der Waals surface area contributed by atoms with E-state index in [-0.39, 0.29) is 0 Å². The van der Waals surface area contributed by atoms with Crippen molar-refractivity contribution in [2.45, 2.75) is 12.3 Å². The average molecular weight is 138 g/mol. The van der Waals surface area contributed by atoms with Crippen molar-refractivity contribution in [2.75, 3.05) is 13.2 Å². The van der Waals surface area contributed by atoms with Gasteiger partial charge in [0.1, 0.15) is 0 Å². The second-order valence-corrected chi connectivity index (χ2v) is 2.62. The normalized spacial score (nSPS) is 25.4. The number of rotatable bonds is 1. The van der Waals surface area contributed by atoms with Crippen LogP contribution in [0.5, 0.6) is 0 Å². The lowest BCUT2D eigenvalue weighted by atomic mass is 10.0. The van der Waals surface area contributed by atoms with Crippen molar-refractivity contribution in [1.82, 2.24) is 0 Å². The van der Waals surface area contributed by atoms with Gasteiger partial charge < -0.3 is 9.15 Å². The Morgan fingerprint density at radius 1 is 1.50 bits per heavy atom. The van der Waals surface area contributed by atoms with Crippen molar-refractivity contribution in [1.29, 1.82) is 0 Å². The summed E-state index contributed by atoms with van der Waals surface area (Å²) >= 11 is 0. The molecule has 0 spiro atoms. The molecule has 0 saturated carbocycles. The zero-order valence-electron chi connectivity index (χ0n) is 5.75. The number of hydrogen-bond acceptors (Lipinski definition) is 2. The third kappa shape index (κ3) is 0.948. The predicted molar refractivity (Wildman–Crippen MR) is 36.9 cm³/mol. The fourth-order valence-corrected chi connectivity index (χ4v) is 1.30. The average Bonchev–Trinajstić information content (AvgIpc) is 2.59. The summed E-state index contributed by atoms with van der Waals surface area (Å²) in [5.74, 6) is 0.582. The smallest absolute Gasteiger partial charge is 0.0938 e. The maximum atomic E-state index is 5.24. The van der Waals surface area contributed by atoms with Crippen LogP contribution in [0.1, 0.15) is 17.9 Å². The molecule has 1 unspecified atom stereocenters. The van der Waals surface area contributed by atoms with E-state index in [1.54, 1.807) is 12.5 Å². The fraction of sp³-hybridized carbons (Fsp3) is 0.500. The van der Waals surface area contributed by atoms with Crippen molar-refractivity contribution >= 4 is 0 Å². The minimum absolute atomic E-state index is 0.582. The van der Waals surface area contributed by atoms with E-state index in [2.05, 4.69) is 0 Å². The van der Waals surface area contributed by atoms with Crippen LogP contribution in [0.2, 0.25) is 0 Å². The van der Waals surface area contributed by atoms with Gasteiger partial charge in [-0.2, -0.15) is 0 Å². The predicted octanol–water partition coefficient (Wildman–Crippen LogP) is 1.78. The Kier molecular flexibility index (Phi) is 1.47. The molecule has 2 heterocycles. The van der Waals surface area contributed by atoms with Crippen LogP contribution in [0.25, 0.3) is 0 Å². The highest BCUT2D eigenvalue weighted by molar-refractivity contribution is 5.13. The van der Waals surface area contributed by atoms with Gasteiger partial charge in [0.05, 0.1) is 19.1 Å². The molecule has 54 valence electrons. The van der Waals surface area contributed by atoms with Crippen molar-refractivity contribution in [3.05, 3.63) is 24.2 Å². The summed E-state index contributed by atoms with van der Waals surface area (Å²) in [4.78, 5) is 0. The van der Waals surface area contributed by atoms with Crippen LogP contribution in [0.3, 0.4) is 0 Å². The van der Waals surface area contributed by atoms with Crippen molar-refractivity contribution < 1.29 is 9.15 Å². The summed E-state index contributed by atoms with van der Waals surface area (Å²) < 4.78 is 10.2. The maximum absolute atomic E-state index is 5.24. The third-order valence-electron chi connectivity index (χ3n) is 1.94. The van der Waals surface area contributed by atoms with Crippen molar-refractivity contribution in [3.8, 4) is 0 Å². The highest BCUT2D eigenvalue weighted by atomic mass is 16.5. The highest BCUT2D eigenvalue weighted by Gasteiger charge is 2.17. The molecule has 10 heavy (non-hydrogen) atoms. The van der Waals surface area contributed by atoms with E-state index in [9.17, 15) is 0 Å². The summed E-state index contributed by atoms with van der Waals surface area (Å²) in [5, 5.41) is 0. The van der Waals surface area contributed by atoms with E-state index in [1.165, 1.54) is 5.56 Å². The molecule has 0 radical (unpaired) electrons. The van der Waals surface area contributed by atoms with Crippen molar-refractivity contribution in [3.63, 3.8) is 0 Å². The van der Waals surface area contributed by atoms with E-state index >= 15 is 0 Å². The lowest BCUT2D eigenvalue weighted by molar-refractivity contribution is 0.194. The summed E-state index contributed by atoms with van der Waals surface area (Å²) in [6.07, 6.45) is 4.66. The molecule has 2 nitrogen and oxygen atoms in total. The van der Waals surface area contributed by atoms with Crippen LogP contribution in [0.4, 0.5) is 0 Å². The standard InChI is InChI=1S/C8H10O2/c1-3-9-5-7(1)8-2-4-10-6-8/h1,3,5,8H,2,4,6H2. The molecule has 1 aromatic rings. The Morgan fingerprint density at radius 3 is 3.10 bits per heavy atom. The van der Waals surface area contributed by atoms with E-state index in [0.717, 1.165) is 19.6 Å². The summed E-state index contributed by atoms with van der Waals surface area (Å²) in [5.41, 5.74) is 1.28. The zero-order valence-corrected chi connectivity index (χ0v) is 5.75. The first-order valence-electron chi connectivity index (χ1n) is 3.56. The van der Waals surface area contributed by atoms with E-state index < -0.39 is 0 Å². The summed E-state index contributed by atoms with van der Waals surface area (Å²) in [7, 11) is 0. The molecule has 0 aliphatic carbocycles. The van der Waals surface area contributed by atoms with Gasteiger partial charge in [-0.25, -0.2) is 0 Å². The fourth-order valence-electron chi connectivity index (χ4n) is 1.30. The van der Waals surface area contributed by atoms with Gasteiger partial charge in [0.2, 0.25) is 0 Å². The molecular weight excluding hydrogens is 128 g/mol. The molecule has 1 aliphatic rings. The number of furan rings is 1. The Morgan fingerprint density at radius 2 is 2.50 bits per heavy atom. The van der Waals surface area contributed by atoms with Gasteiger partial charge >= 0.3 is 0 Å². The van der Waals surface area contributed by atoms with Crippen LogP contribution in [-0.2, 0) is 4.74 Å². The lowest BCUT2D eigenvalue weighted by Gasteiger charge is -2.00. The quantitative estimate of drug-likeness (QED) is 0.590. The first-order valence-corrected chi connectivity index (χ1v) is 3.56. The van der Waals surface area contributed by atoms with Gasteiger partial charge in [-0.05, 0) is 18.1 Å². The van der Waals surface area contributed by atoms with Crippen LogP contribution in [-0.4, -0.2) is 13.2 Å². The maximum Gasteiger partial charge on any atom is 0.0938 e. The minimum Gasteiger partial charge on any atom is -0.472 e. The first kappa shape index (κ1) is 5.98. The summed E-state index contributed by atoms with van der Waals surface area (Å²) in [6, 6.07) is 2.01. The molecule has 1 aliphatic heterocycles. The van der Waals surface area contributed by atoms with Gasteiger partial charge in [-0.1, -0.05) is 0 Å². The Hall–Kier alpha value is -0.760. The molecule has 0 bridgehead atoms. The number of hydrogen-bond donors (Lipinski definition) is 0.